The summed E-state index contributed by atoms with van der Waals surface area (Å²) in [6, 6.07) is 11.7. The Morgan fingerprint density at radius 2 is 1.57 bits per heavy atom. The average Bonchev–Trinajstić information content (AvgIpc) is 2.66. The second-order valence-corrected chi connectivity index (χ2v) is 4.37. The standard InChI is InChI=1S/C17H16O4/c1-20-16-9-8-13(11-17(16)21-2)7-6-12-4-3-5-14(18)15(19)10-12/h3-11H,1-2H3,(H,18,19). The zero-order valence-electron chi connectivity index (χ0n) is 11.9. The van der Waals surface area contributed by atoms with Gasteiger partial charge in [0.2, 0.25) is 5.43 Å². The summed E-state index contributed by atoms with van der Waals surface area (Å²) in [6.45, 7) is 0. The van der Waals surface area contributed by atoms with Crippen LogP contribution in [0.5, 0.6) is 17.2 Å². The van der Waals surface area contributed by atoms with Crippen molar-refractivity contribution in [2.24, 2.45) is 0 Å². The number of benzene rings is 1. The Morgan fingerprint density at radius 1 is 0.905 bits per heavy atom. The molecule has 0 unspecified atom stereocenters. The Labute approximate surface area is 122 Å². The van der Waals surface area contributed by atoms with Gasteiger partial charge in [0.1, 0.15) is 0 Å². The van der Waals surface area contributed by atoms with Crippen molar-refractivity contribution < 1.29 is 14.6 Å². The minimum absolute atomic E-state index is 0.263. The first-order valence-electron chi connectivity index (χ1n) is 6.37. The third kappa shape index (κ3) is 3.63. The molecule has 0 aromatic heterocycles. The summed E-state index contributed by atoms with van der Waals surface area (Å²) in [5.41, 5.74) is 1.21. The summed E-state index contributed by atoms with van der Waals surface area (Å²) in [4.78, 5) is 11.5. The maximum absolute atomic E-state index is 11.5. The van der Waals surface area contributed by atoms with E-state index < -0.39 is 5.43 Å². The molecule has 2 aromatic carbocycles. The van der Waals surface area contributed by atoms with E-state index in [-0.39, 0.29) is 5.75 Å². The number of ether oxygens (including phenoxy) is 2. The maximum Gasteiger partial charge on any atom is 0.220 e. The molecule has 0 aliphatic heterocycles. The summed E-state index contributed by atoms with van der Waals surface area (Å²) in [5, 5.41) is 9.35. The van der Waals surface area contributed by atoms with Crippen molar-refractivity contribution in [1.82, 2.24) is 0 Å². The normalized spacial score (nSPS) is 10.6. The molecule has 0 heterocycles. The molecule has 0 aliphatic carbocycles. The fourth-order valence-corrected chi connectivity index (χ4v) is 1.86. The number of rotatable bonds is 4. The largest absolute Gasteiger partial charge is 0.504 e. The predicted octanol–water partition coefficient (Wildman–Crippen LogP) is 2.94. The Balaban J connectivity index is 2.32. The van der Waals surface area contributed by atoms with Crippen molar-refractivity contribution in [1.29, 1.82) is 0 Å². The molecule has 0 bridgehead atoms. The van der Waals surface area contributed by atoms with E-state index in [0.29, 0.717) is 17.1 Å². The lowest BCUT2D eigenvalue weighted by Gasteiger charge is -2.07. The van der Waals surface area contributed by atoms with E-state index in [2.05, 4.69) is 0 Å². The summed E-state index contributed by atoms with van der Waals surface area (Å²) < 4.78 is 10.4. The van der Waals surface area contributed by atoms with Crippen LogP contribution >= 0.6 is 0 Å². The van der Waals surface area contributed by atoms with Gasteiger partial charge < -0.3 is 14.6 Å². The maximum atomic E-state index is 11.5. The number of aromatic hydroxyl groups is 1. The molecule has 2 aromatic rings. The highest BCUT2D eigenvalue weighted by Crippen LogP contribution is 2.28. The minimum Gasteiger partial charge on any atom is -0.504 e. The second-order valence-electron chi connectivity index (χ2n) is 4.37. The summed E-state index contributed by atoms with van der Waals surface area (Å²) >= 11 is 0. The van der Waals surface area contributed by atoms with Crippen LogP contribution in [0.4, 0.5) is 0 Å². The number of hydrogen-bond donors (Lipinski definition) is 1. The molecule has 0 spiro atoms. The van der Waals surface area contributed by atoms with Crippen LogP contribution in [0.25, 0.3) is 12.2 Å². The first kappa shape index (κ1) is 14.7. The average molecular weight is 284 g/mol. The van der Waals surface area contributed by atoms with Gasteiger partial charge in [-0.15, -0.1) is 0 Å². The van der Waals surface area contributed by atoms with E-state index >= 15 is 0 Å². The zero-order chi connectivity index (χ0) is 15.2. The van der Waals surface area contributed by atoms with Gasteiger partial charge in [-0.1, -0.05) is 30.4 Å². The van der Waals surface area contributed by atoms with Gasteiger partial charge in [0.15, 0.2) is 17.2 Å². The molecule has 21 heavy (non-hydrogen) atoms. The van der Waals surface area contributed by atoms with Crippen LogP contribution in [0.15, 0.2) is 47.3 Å². The van der Waals surface area contributed by atoms with Gasteiger partial charge in [-0.2, -0.15) is 0 Å². The number of methoxy groups -OCH3 is 2. The third-order valence-corrected chi connectivity index (χ3v) is 2.97. The van der Waals surface area contributed by atoms with E-state index in [0.717, 1.165) is 5.56 Å². The monoisotopic (exact) mass is 284 g/mol. The fraction of sp³-hybridized carbons (Fsp3) is 0.118. The summed E-state index contributed by atoms with van der Waals surface area (Å²) in [5.74, 6) is 1.04. The van der Waals surface area contributed by atoms with Crippen molar-refractivity contribution in [3.05, 3.63) is 63.8 Å². The van der Waals surface area contributed by atoms with E-state index in [1.165, 1.54) is 12.1 Å². The molecule has 1 N–H and O–H groups in total. The van der Waals surface area contributed by atoms with Gasteiger partial charge in [0, 0.05) is 0 Å². The Bertz CT molecular complexity index is 720. The van der Waals surface area contributed by atoms with Gasteiger partial charge in [-0.05, 0) is 35.4 Å². The molecular formula is C17H16O4. The highest BCUT2D eigenvalue weighted by atomic mass is 16.5. The van der Waals surface area contributed by atoms with E-state index in [4.69, 9.17) is 9.47 Å². The second kappa shape index (κ2) is 6.61. The molecular weight excluding hydrogens is 268 g/mol. The number of hydrogen-bond acceptors (Lipinski definition) is 4. The van der Waals surface area contributed by atoms with E-state index in [9.17, 15) is 9.90 Å². The minimum atomic E-state index is -0.410. The van der Waals surface area contributed by atoms with Crippen LogP contribution in [0.2, 0.25) is 0 Å². The smallest absolute Gasteiger partial charge is 0.220 e. The quantitative estimate of drug-likeness (QED) is 0.938. The van der Waals surface area contributed by atoms with Gasteiger partial charge in [-0.25, -0.2) is 0 Å². The Kier molecular flexibility index (Phi) is 4.61. The molecule has 0 amide bonds. The molecule has 108 valence electrons. The molecule has 4 heteroatoms. The van der Waals surface area contributed by atoms with E-state index in [1.807, 2.05) is 24.3 Å². The zero-order valence-corrected chi connectivity index (χ0v) is 11.9. The third-order valence-electron chi connectivity index (χ3n) is 2.97. The molecule has 0 fully saturated rings. The van der Waals surface area contributed by atoms with Crippen LogP contribution < -0.4 is 14.9 Å². The summed E-state index contributed by atoms with van der Waals surface area (Å²) in [7, 11) is 3.16. The molecule has 0 saturated carbocycles. The van der Waals surface area contributed by atoms with Crippen molar-refractivity contribution in [2.75, 3.05) is 14.2 Å². The predicted molar refractivity (Wildman–Crippen MR) is 82.9 cm³/mol. The van der Waals surface area contributed by atoms with Crippen molar-refractivity contribution in [3.8, 4) is 17.2 Å². The van der Waals surface area contributed by atoms with Crippen molar-refractivity contribution in [3.63, 3.8) is 0 Å². The van der Waals surface area contributed by atoms with E-state index in [1.54, 1.807) is 32.4 Å². The van der Waals surface area contributed by atoms with Crippen molar-refractivity contribution >= 4 is 12.2 Å². The van der Waals surface area contributed by atoms with Gasteiger partial charge in [-0.3, -0.25) is 4.79 Å². The highest BCUT2D eigenvalue weighted by molar-refractivity contribution is 5.70. The first-order valence-corrected chi connectivity index (χ1v) is 6.37. The molecule has 4 nitrogen and oxygen atoms in total. The highest BCUT2D eigenvalue weighted by Gasteiger charge is 2.02. The molecule has 0 aliphatic rings. The Morgan fingerprint density at radius 3 is 2.24 bits per heavy atom. The van der Waals surface area contributed by atoms with Crippen LogP contribution in [0.1, 0.15) is 11.1 Å². The first-order chi connectivity index (χ1) is 10.1. The lowest BCUT2D eigenvalue weighted by atomic mass is 10.1. The van der Waals surface area contributed by atoms with Crippen LogP contribution in [-0.2, 0) is 0 Å². The van der Waals surface area contributed by atoms with Gasteiger partial charge >= 0.3 is 0 Å². The molecule has 0 saturated heterocycles. The summed E-state index contributed by atoms with van der Waals surface area (Å²) in [6.07, 6.45) is 3.65. The van der Waals surface area contributed by atoms with Crippen LogP contribution in [0.3, 0.4) is 0 Å². The van der Waals surface area contributed by atoms with Crippen LogP contribution in [-0.4, -0.2) is 19.3 Å². The van der Waals surface area contributed by atoms with Gasteiger partial charge in [0.05, 0.1) is 14.2 Å². The molecule has 2 rings (SSSR count). The van der Waals surface area contributed by atoms with Gasteiger partial charge in [0.25, 0.3) is 0 Å². The lowest BCUT2D eigenvalue weighted by molar-refractivity contribution is 0.355. The topological polar surface area (TPSA) is 55.8 Å². The molecule has 0 radical (unpaired) electrons. The SMILES string of the molecule is COc1ccc(C=Cc2cccc(O)c(=O)c2)cc1OC. The Hall–Kier alpha value is -2.75. The molecule has 0 atom stereocenters. The lowest BCUT2D eigenvalue weighted by Crippen LogP contribution is -1.93. The van der Waals surface area contributed by atoms with Crippen molar-refractivity contribution in [2.45, 2.75) is 0 Å². The fourth-order valence-electron chi connectivity index (χ4n) is 1.86. The van der Waals surface area contributed by atoms with Crippen LogP contribution in [0, 0.1) is 0 Å².